The van der Waals surface area contributed by atoms with Crippen molar-refractivity contribution in [1.29, 1.82) is 0 Å². The molecule has 0 radical (unpaired) electrons. The minimum atomic E-state index is -0.204. The van der Waals surface area contributed by atoms with Gasteiger partial charge in [-0.1, -0.05) is 0 Å². The van der Waals surface area contributed by atoms with Crippen molar-refractivity contribution >= 4 is 17.6 Å². The maximum atomic E-state index is 13.4. The SMILES string of the molecule is Cc1ncc(C(=O)N2CCCC[C@@H]2c2nc(C)c3c(n2)N(CC2CC2)C(=O)C3)c(C)n1. The van der Waals surface area contributed by atoms with E-state index in [1.807, 2.05) is 30.6 Å². The van der Waals surface area contributed by atoms with Gasteiger partial charge in [0.25, 0.3) is 5.91 Å². The van der Waals surface area contributed by atoms with Gasteiger partial charge in [0.2, 0.25) is 5.91 Å². The summed E-state index contributed by atoms with van der Waals surface area (Å²) in [5, 5.41) is 0. The summed E-state index contributed by atoms with van der Waals surface area (Å²) in [6, 6.07) is -0.204. The zero-order chi connectivity index (χ0) is 21.7. The van der Waals surface area contributed by atoms with Crippen LogP contribution in [0.25, 0.3) is 0 Å². The molecule has 5 rings (SSSR count). The molecule has 0 N–H and O–H groups in total. The Labute approximate surface area is 182 Å². The lowest BCUT2D eigenvalue weighted by Crippen LogP contribution is -2.40. The fourth-order valence-electron chi connectivity index (χ4n) is 4.68. The van der Waals surface area contributed by atoms with E-state index in [1.165, 1.54) is 12.8 Å². The monoisotopic (exact) mass is 420 g/mol. The van der Waals surface area contributed by atoms with Crippen LogP contribution in [0.1, 0.15) is 77.1 Å². The first-order valence-electron chi connectivity index (χ1n) is 11.2. The molecular formula is C23H28N6O2. The van der Waals surface area contributed by atoms with Gasteiger partial charge >= 0.3 is 0 Å². The molecule has 1 saturated carbocycles. The lowest BCUT2D eigenvalue weighted by Gasteiger charge is -2.35. The second-order valence-electron chi connectivity index (χ2n) is 9.02. The van der Waals surface area contributed by atoms with Gasteiger partial charge in [-0.3, -0.25) is 14.5 Å². The zero-order valence-corrected chi connectivity index (χ0v) is 18.4. The Bertz CT molecular complexity index is 1060. The van der Waals surface area contributed by atoms with E-state index in [2.05, 4.69) is 9.97 Å². The van der Waals surface area contributed by atoms with Gasteiger partial charge in [-0.05, 0) is 58.8 Å². The minimum Gasteiger partial charge on any atom is -0.328 e. The summed E-state index contributed by atoms with van der Waals surface area (Å²) in [6.45, 7) is 7.01. The number of carbonyl (C=O) groups excluding carboxylic acids is 2. The molecular weight excluding hydrogens is 392 g/mol. The Kier molecular flexibility index (Phi) is 4.95. The third-order valence-electron chi connectivity index (χ3n) is 6.62. The van der Waals surface area contributed by atoms with Crippen molar-refractivity contribution in [2.45, 2.75) is 65.3 Å². The average Bonchev–Trinajstić information content (AvgIpc) is 3.51. The van der Waals surface area contributed by atoms with Crippen molar-refractivity contribution in [3.8, 4) is 0 Å². The molecule has 0 aromatic carbocycles. The van der Waals surface area contributed by atoms with Crippen LogP contribution < -0.4 is 4.90 Å². The number of hydrogen-bond donors (Lipinski definition) is 0. The Balaban J connectivity index is 1.49. The molecule has 2 fully saturated rings. The molecule has 8 nitrogen and oxygen atoms in total. The third-order valence-corrected chi connectivity index (χ3v) is 6.62. The molecule has 2 amide bonds. The number of nitrogens with zero attached hydrogens (tertiary/aromatic N) is 6. The van der Waals surface area contributed by atoms with E-state index >= 15 is 0 Å². The highest BCUT2D eigenvalue weighted by molar-refractivity contribution is 6.00. The predicted octanol–water partition coefficient (Wildman–Crippen LogP) is 2.86. The van der Waals surface area contributed by atoms with Crippen LogP contribution in [0.15, 0.2) is 6.20 Å². The normalized spacial score (nSPS) is 20.9. The van der Waals surface area contributed by atoms with E-state index in [0.29, 0.717) is 41.8 Å². The maximum Gasteiger partial charge on any atom is 0.257 e. The summed E-state index contributed by atoms with van der Waals surface area (Å²) in [4.78, 5) is 48.0. The van der Waals surface area contributed by atoms with Gasteiger partial charge in [0.1, 0.15) is 11.6 Å². The first kappa shape index (κ1) is 20.0. The fraction of sp³-hybridized carbons (Fsp3) is 0.565. The topological polar surface area (TPSA) is 92.2 Å². The maximum absolute atomic E-state index is 13.4. The minimum absolute atomic E-state index is 0.0742. The molecule has 3 aliphatic rings. The van der Waals surface area contributed by atoms with Crippen LogP contribution in [0.2, 0.25) is 0 Å². The summed E-state index contributed by atoms with van der Waals surface area (Å²) in [5.74, 6) is 2.68. The van der Waals surface area contributed by atoms with Crippen molar-refractivity contribution in [1.82, 2.24) is 24.8 Å². The van der Waals surface area contributed by atoms with E-state index in [9.17, 15) is 9.59 Å². The Morgan fingerprint density at radius 3 is 2.61 bits per heavy atom. The Morgan fingerprint density at radius 2 is 1.87 bits per heavy atom. The van der Waals surface area contributed by atoms with Crippen molar-refractivity contribution < 1.29 is 9.59 Å². The quantitative estimate of drug-likeness (QED) is 0.755. The van der Waals surface area contributed by atoms with Gasteiger partial charge in [-0.2, -0.15) is 0 Å². The van der Waals surface area contributed by atoms with E-state index in [0.717, 1.165) is 42.9 Å². The number of aromatic nitrogens is 4. The number of fused-ring (bicyclic) bond motifs is 1. The van der Waals surface area contributed by atoms with Crippen LogP contribution in [0.4, 0.5) is 5.82 Å². The van der Waals surface area contributed by atoms with Crippen molar-refractivity contribution in [2.75, 3.05) is 18.0 Å². The molecule has 1 aliphatic carbocycles. The molecule has 0 bridgehead atoms. The van der Waals surface area contributed by atoms with Crippen molar-refractivity contribution in [3.05, 3.63) is 40.4 Å². The largest absolute Gasteiger partial charge is 0.328 e. The van der Waals surface area contributed by atoms with Gasteiger partial charge in [-0.15, -0.1) is 0 Å². The standard InChI is InChI=1S/C23H28N6O2/c1-13-17-10-20(30)29(12-16-7-8-16)22(17)27-21(26-13)19-6-4-5-9-28(19)23(31)18-11-24-15(3)25-14(18)2/h11,16,19H,4-10,12H2,1-3H3/t19-/m1/s1. The van der Waals surface area contributed by atoms with E-state index < -0.39 is 0 Å². The molecule has 0 unspecified atom stereocenters. The number of piperidine rings is 1. The fourth-order valence-corrected chi connectivity index (χ4v) is 4.68. The molecule has 1 atom stereocenters. The van der Waals surface area contributed by atoms with Crippen molar-refractivity contribution in [2.24, 2.45) is 5.92 Å². The number of likely N-dealkylation sites (tertiary alicyclic amines) is 1. The van der Waals surface area contributed by atoms with Crippen LogP contribution in [-0.2, 0) is 11.2 Å². The van der Waals surface area contributed by atoms with Crippen LogP contribution in [0, 0.1) is 26.7 Å². The highest BCUT2D eigenvalue weighted by Crippen LogP contribution is 2.38. The molecule has 162 valence electrons. The van der Waals surface area contributed by atoms with Crippen LogP contribution in [0.3, 0.4) is 0 Å². The Hall–Kier alpha value is -2.90. The van der Waals surface area contributed by atoms with Crippen LogP contribution in [0.5, 0.6) is 0 Å². The lowest BCUT2D eigenvalue weighted by atomic mass is 9.99. The zero-order valence-electron chi connectivity index (χ0n) is 18.4. The third kappa shape index (κ3) is 3.68. The van der Waals surface area contributed by atoms with Gasteiger partial charge in [-0.25, -0.2) is 19.9 Å². The molecule has 0 spiro atoms. The smallest absolute Gasteiger partial charge is 0.257 e. The second-order valence-corrected chi connectivity index (χ2v) is 9.02. The Morgan fingerprint density at radius 1 is 1.06 bits per heavy atom. The summed E-state index contributed by atoms with van der Waals surface area (Å²) in [6.07, 6.45) is 7.13. The molecule has 4 heterocycles. The number of anilines is 1. The molecule has 2 aromatic rings. The molecule has 2 aromatic heterocycles. The van der Waals surface area contributed by atoms with Crippen molar-refractivity contribution in [3.63, 3.8) is 0 Å². The number of rotatable bonds is 4. The molecule has 31 heavy (non-hydrogen) atoms. The van der Waals surface area contributed by atoms with Gasteiger partial charge in [0.05, 0.1) is 23.7 Å². The van der Waals surface area contributed by atoms with Gasteiger partial charge in [0.15, 0.2) is 5.82 Å². The summed E-state index contributed by atoms with van der Waals surface area (Å²) >= 11 is 0. The molecule has 8 heteroatoms. The highest BCUT2D eigenvalue weighted by atomic mass is 16.2. The molecule has 1 saturated heterocycles. The number of amides is 2. The van der Waals surface area contributed by atoms with Crippen LogP contribution in [-0.4, -0.2) is 49.7 Å². The number of aryl methyl sites for hydroxylation is 3. The first-order valence-corrected chi connectivity index (χ1v) is 11.2. The van der Waals surface area contributed by atoms with Gasteiger partial charge in [0, 0.05) is 30.5 Å². The van der Waals surface area contributed by atoms with E-state index in [4.69, 9.17) is 9.97 Å². The predicted molar refractivity (Wildman–Crippen MR) is 115 cm³/mol. The van der Waals surface area contributed by atoms with E-state index in [-0.39, 0.29) is 17.9 Å². The first-order chi connectivity index (χ1) is 14.9. The van der Waals surface area contributed by atoms with Gasteiger partial charge < -0.3 is 4.90 Å². The number of hydrogen-bond acceptors (Lipinski definition) is 6. The number of carbonyl (C=O) groups is 2. The highest BCUT2D eigenvalue weighted by Gasteiger charge is 2.38. The average molecular weight is 421 g/mol. The lowest BCUT2D eigenvalue weighted by molar-refractivity contribution is -0.117. The molecule has 2 aliphatic heterocycles. The van der Waals surface area contributed by atoms with Crippen LogP contribution >= 0.6 is 0 Å². The summed E-state index contributed by atoms with van der Waals surface area (Å²) in [5.41, 5.74) is 3.00. The second kappa shape index (κ2) is 7.66. The summed E-state index contributed by atoms with van der Waals surface area (Å²) in [7, 11) is 0. The summed E-state index contributed by atoms with van der Waals surface area (Å²) < 4.78 is 0. The van der Waals surface area contributed by atoms with E-state index in [1.54, 1.807) is 6.20 Å².